The minimum Gasteiger partial charge on any atom is -0.344 e. The van der Waals surface area contributed by atoms with E-state index in [4.69, 9.17) is 11.6 Å². The molecule has 2 atom stereocenters. The zero-order chi connectivity index (χ0) is 15.0. The lowest BCUT2D eigenvalue weighted by Gasteiger charge is -2.18. The average Bonchev–Trinajstić information content (AvgIpc) is 2.78. The maximum atomic E-state index is 13.3. The molecule has 0 radical (unpaired) electrons. The Kier molecular flexibility index (Phi) is 4.00. The van der Waals surface area contributed by atoms with Crippen molar-refractivity contribution >= 4 is 33.4 Å². The van der Waals surface area contributed by atoms with Crippen molar-refractivity contribution in [2.75, 3.05) is 0 Å². The third-order valence-electron chi connectivity index (χ3n) is 3.63. The van der Waals surface area contributed by atoms with Gasteiger partial charge in [0, 0.05) is 4.47 Å². The largest absolute Gasteiger partial charge is 0.344 e. The smallest absolute Gasteiger partial charge is 0.253 e. The first-order chi connectivity index (χ1) is 10.1. The molecule has 0 bridgehead atoms. The molecule has 0 fully saturated rings. The summed E-state index contributed by atoms with van der Waals surface area (Å²) in [5, 5.41) is 2.71. The van der Waals surface area contributed by atoms with Gasteiger partial charge in [0.15, 0.2) is 0 Å². The number of rotatable bonds is 2. The molecule has 0 saturated carbocycles. The summed E-state index contributed by atoms with van der Waals surface area (Å²) in [6, 6.07) is 11.6. The van der Waals surface area contributed by atoms with E-state index in [0.717, 1.165) is 11.1 Å². The molecular weight excluding hydrogens is 357 g/mol. The van der Waals surface area contributed by atoms with Gasteiger partial charge in [-0.3, -0.25) is 4.79 Å². The van der Waals surface area contributed by atoms with Crippen LogP contribution in [0.15, 0.2) is 46.9 Å². The Morgan fingerprint density at radius 2 is 2.05 bits per heavy atom. The van der Waals surface area contributed by atoms with Gasteiger partial charge in [-0.15, -0.1) is 11.6 Å². The second kappa shape index (κ2) is 5.78. The second-order valence-corrected chi connectivity index (χ2v) is 6.41. The summed E-state index contributed by atoms with van der Waals surface area (Å²) >= 11 is 9.61. The van der Waals surface area contributed by atoms with Crippen molar-refractivity contribution < 1.29 is 9.18 Å². The molecule has 5 heteroatoms. The Balaban J connectivity index is 1.87. The molecule has 1 aliphatic carbocycles. The summed E-state index contributed by atoms with van der Waals surface area (Å²) in [5.41, 5.74) is 2.43. The summed E-state index contributed by atoms with van der Waals surface area (Å²) in [7, 11) is 0. The van der Waals surface area contributed by atoms with Gasteiger partial charge in [0.25, 0.3) is 5.91 Å². The fourth-order valence-electron chi connectivity index (χ4n) is 2.60. The first-order valence-corrected chi connectivity index (χ1v) is 7.77. The molecule has 0 aromatic heterocycles. The van der Waals surface area contributed by atoms with Crippen molar-refractivity contribution in [2.45, 2.75) is 17.8 Å². The SMILES string of the molecule is O=C(NC1c2ccccc2CC1Cl)c1cc(F)ccc1Br. The van der Waals surface area contributed by atoms with Gasteiger partial charge >= 0.3 is 0 Å². The quantitative estimate of drug-likeness (QED) is 0.790. The van der Waals surface area contributed by atoms with Crippen molar-refractivity contribution in [3.8, 4) is 0 Å². The third kappa shape index (κ3) is 2.83. The molecule has 0 heterocycles. The van der Waals surface area contributed by atoms with E-state index in [1.165, 1.54) is 18.2 Å². The number of hydrogen-bond donors (Lipinski definition) is 1. The van der Waals surface area contributed by atoms with Crippen LogP contribution in [0.1, 0.15) is 27.5 Å². The van der Waals surface area contributed by atoms with E-state index in [2.05, 4.69) is 21.2 Å². The molecule has 3 rings (SSSR count). The topological polar surface area (TPSA) is 29.1 Å². The number of benzene rings is 2. The number of fused-ring (bicyclic) bond motifs is 1. The Hall–Kier alpha value is -1.39. The van der Waals surface area contributed by atoms with Crippen LogP contribution in [0.3, 0.4) is 0 Å². The Labute approximate surface area is 135 Å². The van der Waals surface area contributed by atoms with Gasteiger partial charge in [0.2, 0.25) is 0 Å². The zero-order valence-electron chi connectivity index (χ0n) is 10.9. The number of halogens is 3. The van der Waals surface area contributed by atoms with Gasteiger partial charge in [-0.05, 0) is 51.7 Å². The number of nitrogens with one attached hydrogen (secondary N) is 1. The van der Waals surface area contributed by atoms with Crippen LogP contribution in [0, 0.1) is 5.82 Å². The number of hydrogen-bond acceptors (Lipinski definition) is 1. The van der Waals surface area contributed by atoms with Crippen LogP contribution in [0.2, 0.25) is 0 Å². The van der Waals surface area contributed by atoms with E-state index in [1.54, 1.807) is 0 Å². The molecule has 2 nitrogen and oxygen atoms in total. The molecule has 1 N–H and O–H groups in total. The van der Waals surface area contributed by atoms with Crippen molar-refractivity contribution in [3.63, 3.8) is 0 Å². The predicted octanol–water partition coefficient (Wildman–Crippen LogP) is 4.22. The van der Waals surface area contributed by atoms with Gasteiger partial charge < -0.3 is 5.32 Å². The molecule has 108 valence electrons. The number of carbonyl (C=O) groups is 1. The molecule has 21 heavy (non-hydrogen) atoms. The van der Waals surface area contributed by atoms with Crippen LogP contribution in [-0.2, 0) is 6.42 Å². The van der Waals surface area contributed by atoms with Crippen LogP contribution in [0.4, 0.5) is 4.39 Å². The summed E-state index contributed by atoms with van der Waals surface area (Å²) in [4.78, 5) is 12.4. The van der Waals surface area contributed by atoms with Crippen molar-refractivity contribution in [1.29, 1.82) is 0 Å². The Morgan fingerprint density at radius 1 is 1.29 bits per heavy atom. The van der Waals surface area contributed by atoms with E-state index >= 15 is 0 Å². The predicted molar refractivity (Wildman–Crippen MR) is 84.1 cm³/mol. The van der Waals surface area contributed by atoms with Crippen molar-refractivity contribution in [1.82, 2.24) is 5.32 Å². The highest BCUT2D eigenvalue weighted by Gasteiger charge is 2.32. The minimum atomic E-state index is -0.447. The fraction of sp³-hybridized carbons (Fsp3) is 0.188. The second-order valence-electron chi connectivity index (χ2n) is 4.99. The van der Waals surface area contributed by atoms with Gasteiger partial charge in [-0.1, -0.05) is 24.3 Å². The summed E-state index contributed by atoms with van der Waals surface area (Å²) in [6.07, 6.45) is 0.715. The van der Waals surface area contributed by atoms with E-state index in [1.807, 2.05) is 24.3 Å². The molecule has 1 amide bonds. The van der Waals surface area contributed by atoms with Gasteiger partial charge in [0.05, 0.1) is 17.0 Å². The molecule has 0 aliphatic heterocycles. The zero-order valence-corrected chi connectivity index (χ0v) is 13.3. The third-order valence-corrected chi connectivity index (χ3v) is 4.72. The van der Waals surface area contributed by atoms with Crippen LogP contribution >= 0.6 is 27.5 Å². The summed E-state index contributed by atoms with van der Waals surface area (Å²) < 4.78 is 13.9. The Bertz CT molecular complexity index is 706. The van der Waals surface area contributed by atoms with Crippen LogP contribution in [0.25, 0.3) is 0 Å². The lowest BCUT2D eigenvalue weighted by molar-refractivity contribution is 0.0936. The van der Waals surface area contributed by atoms with Gasteiger partial charge in [0.1, 0.15) is 5.82 Å². The molecule has 2 aromatic rings. The molecule has 0 saturated heterocycles. The fourth-order valence-corrected chi connectivity index (χ4v) is 3.40. The number of alkyl halides is 1. The Morgan fingerprint density at radius 3 is 2.86 bits per heavy atom. The average molecular weight is 369 g/mol. The highest BCUT2D eigenvalue weighted by Crippen LogP contribution is 2.35. The standard InChI is InChI=1S/C16H12BrClFNO/c17-13-6-5-10(19)8-12(13)16(21)20-15-11-4-2-1-3-9(11)7-14(15)18/h1-6,8,14-15H,7H2,(H,20,21). The first kappa shape index (κ1) is 14.5. The summed E-state index contributed by atoms with van der Waals surface area (Å²) in [5.74, 6) is -0.786. The van der Waals surface area contributed by atoms with Crippen molar-refractivity contribution in [3.05, 3.63) is 69.4 Å². The van der Waals surface area contributed by atoms with Gasteiger partial charge in [-0.2, -0.15) is 0 Å². The van der Waals surface area contributed by atoms with Crippen molar-refractivity contribution in [2.24, 2.45) is 0 Å². The van der Waals surface area contributed by atoms with Gasteiger partial charge in [-0.25, -0.2) is 4.39 Å². The van der Waals surface area contributed by atoms with E-state index in [9.17, 15) is 9.18 Å². The molecule has 1 aliphatic rings. The normalized spacial score (nSPS) is 20.1. The first-order valence-electron chi connectivity index (χ1n) is 6.54. The molecular formula is C16H12BrClFNO. The molecule has 2 unspecified atom stereocenters. The monoisotopic (exact) mass is 367 g/mol. The maximum Gasteiger partial charge on any atom is 0.253 e. The van der Waals surface area contributed by atoms with E-state index < -0.39 is 5.82 Å². The van der Waals surface area contributed by atoms with Crippen LogP contribution in [0.5, 0.6) is 0 Å². The maximum absolute atomic E-state index is 13.3. The van der Waals surface area contributed by atoms with E-state index in [0.29, 0.717) is 10.9 Å². The number of amides is 1. The van der Waals surface area contributed by atoms with E-state index in [-0.39, 0.29) is 22.9 Å². The number of carbonyl (C=O) groups excluding carboxylic acids is 1. The molecule has 2 aromatic carbocycles. The minimum absolute atomic E-state index is 0.196. The lowest BCUT2D eigenvalue weighted by Crippen LogP contribution is -2.32. The highest BCUT2D eigenvalue weighted by atomic mass is 79.9. The summed E-state index contributed by atoms with van der Waals surface area (Å²) in [6.45, 7) is 0. The van der Waals surface area contributed by atoms with Crippen LogP contribution < -0.4 is 5.32 Å². The van der Waals surface area contributed by atoms with Crippen LogP contribution in [-0.4, -0.2) is 11.3 Å². The molecule has 0 spiro atoms. The lowest BCUT2D eigenvalue weighted by atomic mass is 10.1. The highest BCUT2D eigenvalue weighted by molar-refractivity contribution is 9.10.